The Labute approximate surface area is 155 Å². The van der Waals surface area contributed by atoms with Gasteiger partial charge in [0.25, 0.3) is 5.56 Å². The second-order valence-electron chi connectivity index (χ2n) is 6.19. The van der Waals surface area contributed by atoms with Gasteiger partial charge in [-0.15, -0.1) is 10.2 Å². The van der Waals surface area contributed by atoms with Gasteiger partial charge in [0.15, 0.2) is 5.82 Å². The minimum atomic E-state index is -0.372. The number of hydrogen-bond acceptors (Lipinski definition) is 4. The quantitative estimate of drug-likeness (QED) is 0.702. The number of aryl methyl sites for hydroxylation is 2. The number of carbonyl (C=O) groups is 1. The molecule has 0 saturated carbocycles. The molecule has 0 fully saturated rings. The molecule has 0 aliphatic carbocycles. The van der Waals surface area contributed by atoms with Gasteiger partial charge < -0.3 is 10.3 Å². The monoisotopic (exact) mass is 366 g/mol. The summed E-state index contributed by atoms with van der Waals surface area (Å²) in [6, 6.07) is 13.8. The molecule has 1 heterocycles. The van der Waals surface area contributed by atoms with Gasteiger partial charge >= 0.3 is 0 Å². The number of nitrogens with zero attached hydrogens (tertiary/aromatic N) is 2. The van der Waals surface area contributed by atoms with Gasteiger partial charge in [-0.1, -0.05) is 42.0 Å². The number of aromatic nitrogens is 3. The SMILES string of the molecule is Cc1cccc(-c2nnc(CCC(=O)NCc3ccccc3F)c(=O)[nH]2)c1. The van der Waals surface area contributed by atoms with Crippen molar-refractivity contribution in [1.82, 2.24) is 20.5 Å². The van der Waals surface area contributed by atoms with Crippen molar-refractivity contribution < 1.29 is 9.18 Å². The van der Waals surface area contributed by atoms with Crippen molar-refractivity contribution in [3.63, 3.8) is 0 Å². The zero-order valence-corrected chi connectivity index (χ0v) is 14.8. The van der Waals surface area contributed by atoms with Gasteiger partial charge in [-0.25, -0.2) is 4.39 Å². The molecule has 0 aliphatic heterocycles. The first-order valence-electron chi connectivity index (χ1n) is 8.56. The van der Waals surface area contributed by atoms with E-state index in [0.29, 0.717) is 11.4 Å². The molecule has 3 rings (SSSR count). The van der Waals surface area contributed by atoms with Gasteiger partial charge in [0, 0.05) is 30.5 Å². The summed E-state index contributed by atoms with van der Waals surface area (Å²) in [5.41, 5.74) is 2.04. The molecule has 138 valence electrons. The second-order valence-corrected chi connectivity index (χ2v) is 6.19. The van der Waals surface area contributed by atoms with Crippen molar-refractivity contribution in [2.45, 2.75) is 26.3 Å². The lowest BCUT2D eigenvalue weighted by atomic mass is 10.1. The number of benzene rings is 2. The van der Waals surface area contributed by atoms with E-state index in [0.717, 1.165) is 11.1 Å². The van der Waals surface area contributed by atoms with Crippen LogP contribution in [-0.4, -0.2) is 21.1 Å². The first kappa shape index (κ1) is 18.4. The smallest absolute Gasteiger partial charge is 0.273 e. The average Bonchev–Trinajstić information content (AvgIpc) is 2.66. The lowest BCUT2D eigenvalue weighted by molar-refractivity contribution is -0.121. The first-order chi connectivity index (χ1) is 13.0. The number of amides is 1. The van der Waals surface area contributed by atoms with E-state index >= 15 is 0 Å². The topological polar surface area (TPSA) is 87.7 Å². The molecule has 0 radical (unpaired) electrons. The molecule has 2 aromatic carbocycles. The third-order valence-electron chi connectivity index (χ3n) is 4.08. The van der Waals surface area contributed by atoms with E-state index in [1.165, 1.54) is 6.07 Å². The molecule has 0 spiro atoms. The van der Waals surface area contributed by atoms with E-state index in [2.05, 4.69) is 20.5 Å². The van der Waals surface area contributed by atoms with E-state index in [1.54, 1.807) is 18.2 Å². The van der Waals surface area contributed by atoms with Crippen LogP contribution in [0, 0.1) is 12.7 Å². The van der Waals surface area contributed by atoms with Crippen LogP contribution in [0.15, 0.2) is 53.3 Å². The molecule has 0 saturated heterocycles. The average molecular weight is 366 g/mol. The van der Waals surface area contributed by atoms with Gasteiger partial charge in [-0.3, -0.25) is 9.59 Å². The molecule has 0 atom stereocenters. The lowest BCUT2D eigenvalue weighted by Gasteiger charge is -2.06. The number of carbonyl (C=O) groups excluding carboxylic acids is 1. The highest BCUT2D eigenvalue weighted by Gasteiger charge is 2.10. The highest BCUT2D eigenvalue weighted by molar-refractivity contribution is 5.76. The van der Waals surface area contributed by atoms with Gasteiger partial charge in [0.05, 0.1) is 0 Å². The number of halogens is 1. The van der Waals surface area contributed by atoms with Crippen molar-refractivity contribution in [3.8, 4) is 11.4 Å². The molecule has 1 amide bonds. The first-order valence-corrected chi connectivity index (χ1v) is 8.56. The van der Waals surface area contributed by atoms with Crippen LogP contribution in [0.5, 0.6) is 0 Å². The Bertz CT molecular complexity index is 1020. The van der Waals surface area contributed by atoms with E-state index < -0.39 is 0 Å². The molecule has 27 heavy (non-hydrogen) atoms. The van der Waals surface area contributed by atoms with Crippen LogP contribution < -0.4 is 10.9 Å². The number of rotatable bonds is 6. The van der Waals surface area contributed by atoms with Gasteiger partial charge in [-0.05, 0) is 19.1 Å². The van der Waals surface area contributed by atoms with Crippen molar-refractivity contribution in [2.75, 3.05) is 0 Å². The largest absolute Gasteiger partial charge is 0.352 e. The predicted octanol–water partition coefficient (Wildman–Crippen LogP) is 2.53. The summed E-state index contributed by atoms with van der Waals surface area (Å²) in [4.78, 5) is 26.8. The molecule has 2 N–H and O–H groups in total. The van der Waals surface area contributed by atoms with Gasteiger partial charge in [-0.2, -0.15) is 0 Å². The van der Waals surface area contributed by atoms with E-state index in [1.807, 2.05) is 31.2 Å². The molecule has 0 unspecified atom stereocenters. The van der Waals surface area contributed by atoms with Gasteiger partial charge in [0.2, 0.25) is 5.91 Å². The fourth-order valence-corrected chi connectivity index (χ4v) is 2.60. The molecule has 7 heteroatoms. The molecule has 6 nitrogen and oxygen atoms in total. The summed E-state index contributed by atoms with van der Waals surface area (Å²) in [5.74, 6) is -0.273. The van der Waals surface area contributed by atoms with Crippen molar-refractivity contribution in [1.29, 1.82) is 0 Å². The number of hydrogen-bond donors (Lipinski definition) is 2. The Balaban J connectivity index is 1.59. The Morgan fingerprint density at radius 3 is 2.70 bits per heavy atom. The summed E-state index contributed by atoms with van der Waals surface area (Å²) in [7, 11) is 0. The standard InChI is InChI=1S/C20H19FN4O2/c1-13-5-4-7-14(11-13)19-23-20(27)17(24-25-19)9-10-18(26)22-12-15-6-2-3-8-16(15)21/h2-8,11H,9-10,12H2,1H3,(H,22,26)(H,23,25,27). The van der Waals surface area contributed by atoms with Crippen LogP contribution in [-0.2, 0) is 17.8 Å². The molecular weight excluding hydrogens is 347 g/mol. The fraction of sp³-hybridized carbons (Fsp3) is 0.200. The third-order valence-corrected chi connectivity index (χ3v) is 4.08. The molecular formula is C20H19FN4O2. The zero-order chi connectivity index (χ0) is 19.2. The van der Waals surface area contributed by atoms with Crippen LogP contribution in [0.25, 0.3) is 11.4 Å². The summed E-state index contributed by atoms with van der Waals surface area (Å²) in [6.07, 6.45) is 0.218. The van der Waals surface area contributed by atoms with Crippen LogP contribution in [0.4, 0.5) is 4.39 Å². The Kier molecular flexibility index (Phi) is 5.71. The summed E-state index contributed by atoms with van der Waals surface area (Å²) in [5, 5.41) is 10.6. The normalized spacial score (nSPS) is 10.6. The number of aromatic amines is 1. The lowest BCUT2D eigenvalue weighted by Crippen LogP contribution is -2.25. The van der Waals surface area contributed by atoms with Crippen molar-refractivity contribution >= 4 is 5.91 Å². The van der Waals surface area contributed by atoms with Crippen LogP contribution in [0.1, 0.15) is 23.2 Å². The summed E-state index contributed by atoms with van der Waals surface area (Å²) >= 11 is 0. The Morgan fingerprint density at radius 2 is 1.96 bits per heavy atom. The highest BCUT2D eigenvalue weighted by Crippen LogP contribution is 2.14. The zero-order valence-electron chi connectivity index (χ0n) is 14.8. The van der Waals surface area contributed by atoms with E-state index in [-0.39, 0.29) is 42.4 Å². The summed E-state index contributed by atoms with van der Waals surface area (Å²) < 4.78 is 13.5. The van der Waals surface area contributed by atoms with Crippen LogP contribution in [0.2, 0.25) is 0 Å². The maximum atomic E-state index is 13.5. The molecule has 0 aliphatic rings. The van der Waals surface area contributed by atoms with E-state index in [9.17, 15) is 14.0 Å². The summed E-state index contributed by atoms with van der Waals surface area (Å²) in [6.45, 7) is 2.04. The third kappa shape index (κ3) is 4.84. The maximum Gasteiger partial charge on any atom is 0.273 e. The molecule has 3 aromatic rings. The Hall–Kier alpha value is -3.35. The van der Waals surface area contributed by atoms with Crippen molar-refractivity contribution in [2.24, 2.45) is 0 Å². The predicted molar refractivity (Wildman–Crippen MR) is 99.4 cm³/mol. The van der Waals surface area contributed by atoms with Crippen molar-refractivity contribution in [3.05, 3.63) is 81.5 Å². The molecule has 1 aromatic heterocycles. The van der Waals surface area contributed by atoms with E-state index in [4.69, 9.17) is 0 Å². The highest BCUT2D eigenvalue weighted by atomic mass is 19.1. The second kappa shape index (κ2) is 8.35. The number of H-pyrrole nitrogens is 1. The van der Waals surface area contributed by atoms with Crippen LogP contribution >= 0.6 is 0 Å². The fourth-order valence-electron chi connectivity index (χ4n) is 2.60. The van der Waals surface area contributed by atoms with Crippen LogP contribution in [0.3, 0.4) is 0 Å². The minimum absolute atomic E-state index is 0.0655. The minimum Gasteiger partial charge on any atom is -0.352 e. The number of nitrogens with one attached hydrogen (secondary N) is 2. The van der Waals surface area contributed by atoms with Gasteiger partial charge in [0.1, 0.15) is 11.5 Å². The molecule has 0 bridgehead atoms. The maximum absolute atomic E-state index is 13.5. The Morgan fingerprint density at radius 1 is 1.15 bits per heavy atom.